The highest BCUT2D eigenvalue weighted by Gasteiger charge is 2.12. The summed E-state index contributed by atoms with van der Waals surface area (Å²) < 4.78 is 8.09. The third kappa shape index (κ3) is 2.79. The summed E-state index contributed by atoms with van der Waals surface area (Å²) in [6, 6.07) is 4.12. The first-order valence-corrected chi connectivity index (χ1v) is 6.33. The van der Waals surface area contributed by atoms with Crippen LogP contribution in [0.2, 0.25) is 0 Å². The molecule has 0 saturated heterocycles. The first-order valence-electron chi connectivity index (χ1n) is 5.54. The number of hydrogen-bond acceptors (Lipinski definition) is 3. The lowest BCUT2D eigenvalue weighted by molar-refractivity contribution is 0.446. The summed E-state index contributed by atoms with van der Waals surface area (Å²) in [4.78, 5) is 0. The molecular formula is C12H16BrN3O. The maximum atomic E-state index is 5.44. The minimum atomic E-state index is 0.257. The maximum absolute atomic E-state index is 5.44. The molecule has 0 spiro atoms. The molecule has 2 aromatic heterocycles. The van der Waals surface area contributed by atoms with Crippen LogP contribution in [0.3, 0.4) is 0 Å². The monoisotopic (exact) mass is 297 g/mol. The van der Waals surface area contributed by atoms with Gasteiger partial charge in [0, 0.05) is 24.3 Å². The Morgan fingerprint density at radius 3 is 2.82 bits per heavy atom. The fourth-order valence-corrected chi connectivity index (χ4v) is 2.09. The van der Waals surface area contributed by atoms with Crippen molar-refractivity contribution in [1.29, 1.82) is 0 Å². The van der Waals surface area contributed by atoms with E-state index in [-0.39, 0.29) is 6.04 Å². The molecule has 0 aliphatic rings. The van der Waals surface area contributed by atoms with E-state index in [0.717, 1.165) is 10.4 Å². The molecule has 1 N–H and O–H groups in total. The zero-order valence-corrected chi connectivity index (χ0v) is 11.8. The van der Waals surface area contributed by atoms with Gasteiger partial charge in [-0.25, -0.2) is 0 Å². The van der Waals surface area contributed by atoms with E-state index < -0.39 is 0 Å². The molecule has 5 heteroatoms. The van der Waals surface area contributed by atoms with Gasteiger partial charge in [-0.2, -0.15) is 5.10 Å². The molecule has 0 aliphatic heterocycles. The zero-order valence-electron chi connectivity index (χ0n) is 10.2. The van der Waals surface area contributed by atoms with E-state index >= 15 is 0 Å². The fourth-order valence-electron chi connectivity index (χ4n) is 1.75. The number of nitrogens with one attached hydrogen (secondary N) is 1. The smallest absolute Gasteiger partial charge is 0.169 e. The number of aromatic nitrogens is 2. The van der Waals surface area contributed by atoms with Crippen LogP contribution < -0.4 is 5.32 Å². The van der Waals surface area contributed by atoms with E-state index in [2.05, 4.69) is 40.2 Å². The Kier molecular flexibility index (Phi) is 3.69. The van der Waals surface area contributed by atoms with Gasteiger partial charge in [0.2, 0.25) is 0 Å². The van der Waals surface area contributed by atoms with Crippen LogP contribution in [-0.4, -0.2) is 9.78 Å². The van der Waals surface area contributed by atoms with Crippen molar-refractivity contribution in [2.24, 2.45) is 7.05 Å². The van der Waals surface area contributed by atoms with Gasteiger partial charge in [0.05, 0.1) is 12.7 Å². The van der Waals surface area contributed by atoms with E-state index in [9.17, 15) is 0 Å². The summed E-state index contributed by atoms with van der Waals surface area (Å²) in [6.07, 6.45) is 1.91. The normalized spacial score (nSPS) is 12.9. The Balaban J connectivity index is 1.98. The molecule has 0 bridgehead atoms. The predicted octanol–water partition coefficient (Wildman–Crippen LogP) is 2.93. The summed E-state index contributed by atoms with van der Waals surface area (Å²) in [5.41, 5.74) is 2.41. The van der Waals surface area contributed by atoms with Gasteiger partial charge in [-0.3, -0.25) is 4.68 Å². The molecule has 4 nitrogen and oxygen atoms in total. The van der Waals surface area contributed by atoms with E-state index in [0.29, 0.717) is 6.54 Å². The van der Waals surface area contributed by atoms with Crippen molar-refractivity contribution in [2.75, 3.05) is 0 Å². The largest absolute Gasteiger partial charge is 0.453 e. The molecule has 0 aromatic carbocycles. The molecule has 0 amide bonds. The lowest BCUT2D eigenvalue weighted by atomic mass is 10.1. The molecule has 1 atom stereocenters. The van der Waals surface area contributed by atoms with Gasteiger partial charge in [-0.05, 0) is 41.9 Å². The van der Waals surface area contributed by atoms with Gasteiger partial charge in [-0.15, -0.1) is 0 Å². The second kappa shape index (κ2) is 5.06. The topological polar surface area (TPSA) is 43.0 Å². The maximum Gasteiger partial charge on any atom is 0.169 e. The summed E-state index contributed by atoms with van der Waals surface area (Å²) in [5.74, 6) is 0.922. The molecule has 2 rings (SSSR count). The van der Waals surface area contributed by atoms with Crippen LogP contribution in [0.5, 0.6) is 0 Å². The van der Waals surface area contributed by atoms with Gasteiger partial charge in [-0.1, -0.05) is 0 Å². The van der Waals surface area contributed by atoms with Crippen molar-refractivity contribution < 1.29 is 4.42 Å². The van der Waals surface area contributed by atoms with Crippen LogP contribution in [0.1, 0.15) is 30.0 Å². The number of hydrogen-bond donors (Lipinski definition) is 1. The van der Waals surface area contributed by atoms with Crippen molar-refractivity contribution in [3.8, 4) is 0 Å². The zero-order chi connectivity index (χ0) is 12.4. The van der Waals surface area contributed by atoms with E-state index in [4.69, 9.17) is 4.42 Å². The van der Waals surface area contributed by atoms with E-state index in [1.165, 1.54) is 11.3 Å². The van der Waals surface area contributed by atoms with Crippen LogP contribution in [0.25, 0.3) is 0 Å². The van der Waals surface area contributed by atoms with Crippen molar-refractivity contribution in [3.05, 3.63) is 40.0 Å². The van der Waals surface area contributed by atoms with Crippen LogP contribution in [0, 0.1) is 6.92 Å². The van der Waals surface area contributed by atoms with Crippen LogP contribution in [0.4, 0.5) is 0 Å². The van der Waals surface area contributed by atoms with Crippen molar-refractivity contribution in [1.82, 2.24) is 15.1 Å². The quantitative estimate of drug-likeness (QED) is 0.943. The molecule has 92 valence electrons. The lowest BCUT2D eigenvalue weighted by Crippen LogP contribution is -2.18. The van der Waals surface area contributed by atoms with Crippen molar-refractivity contribution >= 4 is 15.9 Å². The molecule has 0 aliphatic carbocycles. The molecular weight excluding hydrogens is 282 g/mol. The third-order valence-corrected chi connectivity index (χ3v) is 3.38. The van der Waals surface area contributed by atoms with E-state index in [1.54, 1.807) is 0 Å². The Bertz CT molecular complexity index is 504. The average molecular weight is 298 g/mol. The highest BCUT2D eigenvalue weighted by molar-refractivity contribution is 9.10. The highest BCUT2D eigenvalue weighted by Crippen LogP contribution is 2.18. The first kappa shape index (κ1) is 12.4. The summed E-state index contributed by atoms with van der Waals surface area (Å²) in [7, 11) is 1.95. The second-order valence-electron chi connectivity index (χ2n) is 4.12. The average Bonchev–Trinajstić information content (AvgIpc) is 2.84. The molecule has 17 heavy (non-hydrogen) atoms. The standard InChI is InChI=1S/C12H16BrN3O/c1-8(11-7-15-16(3)9(11)2)14-6-10-4-5-12(13)17-10/h4-5,7-8,14H,6H2,1-3H3. The molecule has 0 radical (unpaired) electrons. The first-order chi connectivity index (χ1) is 8.08. The Morgan fingerprint density at radius 1 is 1.53 bits per heavy atom. The summed E-state index contributed by atoms with van der Waals surface area (Å²) in [5, 5.41) is 7.66. The Hall–Kier alpha value is -1.07. The van der Waals surface area contributed by atoms with Crippen LogP contribution in [-0.2, 0) is 13.6 Å². The van der Waals surface area contributed by atoms with Crippen molar-refractivity contribution in [3.63, 3.8) is 0 Å². The summed E-state index contributed by atoms with van der Waals surface area (Å²) in [6.45, 7) is 4.91. The SMILES string of the molecule is Cc1c(C(C)NCc2ccc(Br)o2)cnn1C. The van der Waals surface area contributed by atoms with Gasteiger partial charge < -0.3 is 9.73 Å². The van der Waals surface area contributed by atoms with Gasteiger partial charge in [0.25, 0.3) is 0 Å². The predicted molar refractivity (Wildman–Crippen MR) is 69.6 cm³/mol. The Labute approximate surface area is 109 Å². The Morgan fingerprint density at radius 2 is 2.29 bits per heavy atom. The van der Waals surface area contributed by atoms with Crippen LogP contribution in [0.15, 0.2) is 27.4 Å². The number of furan rings is 1. The van der Waals surface area contributed by atoms with Crippen LogP contribution >= 0.6 is 15.9 Å². The molecule has 0 saturated carbocycles. The fraction of sp³-hybridized carbons (Fsp3) is 0.417. The second-order valence-corrected chi connectivity index (χ2v) is 4.90. The molecule has 1 unspecified atom stereocenters. The minimum Gasteiger partial charge on any atom is -0.453 e. The van der Waals surface area contributed by atoms with E-state index in [1.807, 2.05) is 30.1 Å². The third-order valence-electron chi connectivity index (χ3n) is 2.95. The number of halogens is 1. The number of rotatable bonds is 4. The number of aryl methyl sites for hydroxylation is 1. The van der Waals surface area contributed by atoms with Gasteiger partial charge >= 0.3 is 0 Å². The minimum absolute atomic E-state index is 0.257. The summed E-state index contributed by atoms with van der Waals surface area (Å²) >= 11 is 3.29. The molecule has 2 aromatic rings. The highest BCUT2D eigenvalue weighted by atomic mass is 79.9. The van der Waals surface area contributed by atoms with Gasteiger partial charge in [0.1, 0.15) is 5.76 Å². The molecule has 0 fully saturated rings. The lowest BCUT2D eigenvalue weighted by Gasteiger charge is -2.12. The number of nitrogens with zero attached hydrogens (tertiary/aromatic N) is 2. The van der Waals surface area contributed by atoms with Gasteiger partial charge in [0.15, 0.2) is 4.67 Å². The van der Waals surface area contributed by atoms with Crippen molar-refractivity contribution in [2.45, 2.75) is 26.4 Å². The molecule has 2 heterocycles.